The fraction of sp³-hybridized carbons (Fsp3) is 0.391. The van der Waals surface area contributed by atoms with Crippen LogP contribution in [0.2, 0.25) is 0 Å². The summed E-state index contributed by atoms with van der Waals surface area (Å²) in [5.41, 5.74) is 4.57. The van der Waals surface area contributed by atoms with Gasteiger partial charge in [0, 0.05) is 5.92 Å². The lowest BCUT2D eigenvalue weighted by atomic mass is 9.88. The second-order valence-corrected chi connectivity index (χ2v) is 8.60. The molecule has 1 heterocycles. The third-order valence-corrected chi connectivity index (χ3v) is 6.78. The average molecular weight is 379 g/mol. The summed E-state index contributed by atoms with van der Waals surface area (Å²) in [5.74, 6) is 0.379. The van der Waals surface area contributed by atoms with E-state index in [4.69, 9.17) is 4.98 Å². The summed E-state index contributed by atoms with van der Waals surface area (Å²) in [6.07, 6.45) is 5.59. The third-order valence-electron chi connectivity index (χ3n) is 5.57. The van der Waals surface area contributed by atoms with E-state index in [1.165, 1.54) is 22.2 Å². The maximum absolute atomic E-state index is 13.4. The molecule has 0 aliphatic heterocycles. The van der Waals surface area contributed by atoms with Gasteiger partial charge in [0.1, 0.15) is 0 Å². The number of rotatable bonds is 4. The highest BCUT2D eigenvalue weighted by molar-refractivity contribution is 7.22. The van der Waals surface area contributed by atoms with Crippen LogP contribution in [0.3, 0.4) is 0 Å². The number of hydrogen-bond acceptors (Lipinski definition) is 3. The molecule has 140 valence electrons. The van der Waals surface area contributed by atoms with Gasteiger partial charge >= 0.3 is 0 Å². The van der Waals surface area contributed by atoms with Crippen LogP contribution in [0.15, 0.2) is 42.5 Å². The molecular formula is C23H26N2OS. The van der Waals surface area contributed by atoms with Gasteiger partial charge in [-0.15, -0.1) is 0 Å². The van der Waals surface area contributed by atoms with Crippen molar-refractivity contribution >= 4 is 32.6 Å². The summed E-state index contributed by atoms with van der Waals surface area (Å²) in [6.45, 7) is 4.80. The average Bonchev–Trinajstić information content (AvgIpc) is 3.16. The number of benzene rings is 2. The van der Waals surface area contributed by atoms with Crippen molar-refractivity contribution in [2.75, 3.05) is 4.90 Å². The first kappa shape index (κ1) is 18.2. The molecule has 3 aromatic rings. The Morgan fingerprint density at radius 3 is 2.44 bits per heavy atom. The molecule has 0 radical (unpaired) electrons. The van der Waals surface area contributed by atoms with E-state index in [-0.39, 0.29) is 11.8 Å². The Labute approximate surface area is 165 Å². The van der Waals surface area contributed by atoms with Crippen molar-refractivity contribution in [3.8, 4) is 0 Å². The highest BCUT2D eigenvalue weighted by atomic mass is 32.1. The van der Waals surface area contributed by atoms with Crippen LogP contribution < -0.4 is 4.90 Å². The predicted octanol–water partition coefficient (Wildman–Crippen LogP) is 6.03. The van der Waals surface area contributed by atoms with Gasteiger partial charge in [-0.2, -0.15) is 0 Å². The molecule has 4 rings (SSSR count). The number of hydrogen-bond donors (Lipinski definition) is 0. The summed E-state index contributed by atoms with van der Waals surface area (Å²) in [5, 5.41) is 0.835. The highest BCUT2D eigenvalue weighted by Crippen LogP contribution is 2.36. The van der Waals surface area contributed by atoms with Crippen molar-refractivity contribution in [1.29, 1.82) is 0 Å². The second kappa shape index (κ2) is 7.81. The smallest absolute Gasteiger partial charge is 0.232 e. The minimum atomic E-state index is 0.136. The maximum atomic E-state index is 13.4. The highest BCUT2D eigenvalue weighted by Gasteiger charge is 2.29. The van der Waals surface area contributed by atoms with E-state index >= 15 is 0 Å². The zero-order valence-corrected chi connectivity index (χ0v) is 16.9. The third kappa shape index (κ3) is 3.77. The van der Waals surface area contributed by atoms with Crippen molar-refractivity contribution in [3.63, 3.8) is 0 Å². The topological polar surface area (TPSA) is 33.2 Å². The standard InChI is InChI=1S/C23H26N2OS/c1-16-13-14-17(2)21-20(16)24-23(27-21)25(15-18-9-5-3-6-10-18)22(26)19-11-7-4-8-12-19/h3,5-6,9-10,13-14,19H,4,7-8,11-12,15H2,1-2H3. The summed E-state index contributed by atoms with van der Waals surface area (Å²) in [6, 6.07) is 14.5. The normalized spacial score (nSPS) is 15.2. The van der Waals surface area contributed by atoms with Crippen molar-refractivity contribution in [1.82, 2.24) is 4.98 Å². The molecule has 1 fully saturated rings. The largest absolute Gasteiger partial charge is 0.283 e. The number of aryl methyl sites for hydroxylation is 2. The molecular weight excluding hydrogens is 352 g/mol. The Morgan fingerprint density at radius 1 is 1.04 bits per heavy atom. The minimum Gasteiger partial charge on any atom is -0.283 e. The van der Waals surface area contributed by atoms with Crippen LogP contribution in [-0.4, -0.2) is 10.9 Å². The zero-order chi connectivity index (χ0) is 18.8. The quantitative estimate of drug-likeness (QED) is 0.555. The van der Waals surface area contributed by atoms with E-state index in [0.29, 0.717) is 6.54 Å². The first-order valence-electron chi connectivity index (χ1n) is 9.85. The SMILES string of the molecule is Cc1ccc(C)c2sc(N(Cc3ccccc3)C(=O)C3CCCCC3)nc12. The van der Waals surface area contributed by atoms with Gasteiger partial charge in [-0.25, -0.2) is 4.98 Å². The van der Waals surface area contributed by atoms with Crippen molar-refractivity contribution < 1.29 is 4.79 Å². The number of carbonyl (C=O) groups excluding carboxylic acids is 1. The van der Waals surface area contributed by atoms with Crippen LogP contribution in [0.1, 0.15) is 48.8 Å². The predicted molar refractivity (Wildman–Crippen MR) is 113 cm³/mol. The number of nitrogens with zero attached hydrogens (tertiary/aromatic N) is 2. The molecule has 1 saturated carbocycles. The number of amides is 1. The summed E-state index contributed by atoms with van der Waals surface area (Å²) in [4.78, 5) is 20.3. The number of fused-ring (bicyclic) bond motifs is 1. The molecule has 0 N–H and O–H groups in total. The minimum absolute atomic E-state index is 0.136. The lowest BCUT2D eigenvalue weighted by Crippen LogP contribution is -2.36. The van der Waals surface area contributed by atoms with Crippen LogP contribution in [0.25, 0.3) is 10.2 Å². The van der Waals surface area contributed by atoms with E-state index in [9.17, 15) is 4.79 Å². The first-order valence-corrected chi connectivity index (χ1v) is 10.7. The van der Waals surface area contributed by atoms with Gasteiger partial charge in [-0.05, 0) is 43.4 Å². The Morgan fingerprint density at radius 2 is 1.74 bits per heavy atom. The molecule has 1 aliphatic carbocycles. The zero-order valence-electron chi connectivity index (χ0n) is 16.1. The fourth-order valence-corrected chi connectivity index (χ4v) is 5.06. The van der Waals surface area contributed by atoms with Gasteiger partial charge in [0.15, 0.2) is 5.13 Å². The van der Waals surface area contributed by atoms with Crippen LogP contribution in [-0.2, 0) is 11.3 Å². The molecule has 27 heavy (non-hydrogen) atoms. The molecule has 1 amide bonds. The molecule has 1 aliphatic rings. The van der Waals surface area contributed by atoms with Gasteiger partial charge in [-0.3, -0.25) is 9.69 Å². The summed E-state index contributed by atoms with van der Waals surface area (Å²) >= 11 is 1.65. The summed E-state index contributed by atoms with van der Waals surface area (Å²) in [7, 11) is 0. The molecule has 0 saturated heterocycles. The monoisotopic (exact) mass is 378 g/mol. The Kier molecular flexibility index (Phi) is 5.26. The number of aromatic nitrogens is 1. The second-order valence-electron chi connectivity index (χ2n) is 7.62. The van der Waals surface area contributed by atoms with Crippen LogP contribution >= 0.6 is 11.3 Å². The van der Waals surface area contributed by atoms with Gasteiger partial charge in [0.25, 0.3) is 0 Å². The van der Waals surface area contributed by atoms with Crippen molar-refractivity contribution in [3.05, 3.63) is 59.2 Å². The molecule has 0 unspecified atom stereocenters. The van der Waals surface area contributed by atoms with Crippen molar-refractivity contribution in [2.45, 2.75) is 52.5 Å². The summed E-state index contributed by atoms with van der Waals surface area (Å²) < 4.78 is 1.19. The van der Waals surface area contributed by atoms with Gasteiger partial charge in [0.05, 0.1) is 16.8 Å². The molecule has 0 bridgehead atoms. The molecule has 1 aromatic heterocycles. The van der Waals surface area contributed by atoms with Gasteiger partial charge in [0.2, 0.25) is 5.91 Å². The molecule has 4 heteroatoms. The van der Waals surface area contributed by atoms with E-state index in [0.717, 1.165) is 41.9 Å². The Bertz CT molecular complexity index is 903. The molecule has 0 spiro atoms. The fourth-order valence-electron chi connectivity index (χ4n) is 3.94. The molecule has 0 atom stereocenters. The van der Waals surface area contributed by atoms with E-state index < -0.39 is 0 Å². The van der Waals surface area contributed by atoms with E-state index in [1.54, 1.807) is 11.3 Å². The van der Waals surface area contributed by atoms with E-state index in [1.807, 2.05) is 23.1 Å². The lowest BCUT2D eigenvalue weighted by Gasteiger charge is -2.27. The molecule has 2 aromatic carbocycles. The van der Waals surface area contributed by atoms with Crippen LogP contribution in [0, 0.1) is 19.8 Å². The number of thiazole rings is 1. The van der Waals surface area contributed by atoms with Gasteiger partial charge < -0.3 is 0 Å². The Hall–Kier alpha value is -2.20. The molecule has 3 nitrogen and oxygen atoms in total. The maximum Gasteiger partial charge on any atom is 0.232 e. The Balaban J connectivity index is 1.74. The van der Waals surface area contributed by atoms with E-state index in [2.05, 4.69) is 38.1 Å². The van der Waals surface area contributed by atoms with Gasteiger partial charge in [-0.1, -0.05) is 73.1 Å². The van der Waals surface area contributed by atoms with Crippen LogP contribution in [0.5, 0.6) is 0 Å². The first-order chi connectivity index (χ1) is 13.1. The lowest BCUT2D eigenvalue weighted by molar-refractivity contribution is -0.123. The van der Waals surface area contributed by atoms with Crippen LogP contribution in [0.4, 0.5) is 5.13 Å². The number of carbonyl (C=O) groups is 1. The number of anilines is 1. The van der Waals surface area contributed by atoms with Crippen molar-refractivity contribution in [2.24, 2.45) is 5.92 Å².